The van der Waals surface area contributed by atoms with Crippen molar-refractivity contribution >= 4 is 10.1 Å². The van der Waals surface area contributed by atoms with E-state index in [-0.39, 0.29) is 6.61 Å². The average Bonchev–Trinajstić information content (AvgIpc) is 2.62. The number of rotatable bonds is 5. The van der Waals surface area contributed by atoms with Crippen LogP contribution >= 0.6 is 0 Å². The maximum absolute atomic E-state index is 11.6. The van der Waals surface area contributed by atoms with Crippen LogP contribution in [0.1, 0.15) is 11.9 Å². The van der Waals surface area contributed by atoms with Crippen molar-refractivity contribution in [3.63, 3.8) is 0 Å². The van der Waals surface area contributed by atoms with Gasteiger partial charge in [0.2, 0.25) is 0 Å². The number of fused-ring (bicyclic) bond motifs is 1. The summed E-state index contributed by atoms with van der Waals surface area (Å²) < 4.78 is 51.1. The van der Waals surface area contributed by atoms with Crippen LogP contribution in [-0.4, -0.2) is 59.0 Å². The lowest BCUT2D eigenvalue weighted by Crippen LogP contribution is -2.66. The van der Waals surface area contributed by atoms with Gasteiger partial charge >= 0.3 is 0 Å². The van der Waals surface area contributed by atoms with Crippen molar-refractivity contribution in [2.45, 2.75) is 36.9 Å². The van der Waals surface area contributed by atoms with Crippen molar-refractivity contribution in [2.24, 2.45) is 0 Å². The van der Waals surface area contributed by atoms with Crippen LogP contribution in [0.25, 0.3) is 0 Å². The maximum atomic E-state index is 11.6. The van der Waals surface area contributed by atoms with Gasteiger partial charge in [-0.25, -0.2) is 0 Å². The molecule has 0 radical (unpaired) electrons. The SMILES string of the molecule is CO[C@H]1O[C@H]2CO[C@H](c3ccccc3)O[C@@H]2[C@@H](NC#N)[C@H]1OS(C)(=O)=O. The van der Waals surface area contributed by atoms with Gasteiger partial charge in [-0.15, -0.1) is 0 Å². The number of nitriles is 1. The van der Waals surface area contributed by atoms with Crippen LogP contribution in [0, 0.1) is 11.5 Å². The minimum absolute atomic E-state index is 0.194. The number of ether oxygens (including phenoxy) is 4. The highest BCUT2D eigenvalue weighted by Gasteiger charge is 2.52. The minimum atomic E-state index is -3.82. The van der Waals surface area contributed by atoms with Crippen molar-refractivity contribution in [3.8, 4) is 6.19 Å². The van der Waals surface area contributed by atoms with Gasteiger partial charge in [0.15, 0.2) is 24.9 Å². The average molecular weight is 384 g/mol. The van der Waals surface area contributed by atoms with Crippen LogP contribution in [0.5, 0.6) is 0 Å². The fourth-order valence-corrected chi connectivity index (χ4v) is 3.72. The Balaban J connectivity index is 1.87. The number of nitrogens with one attached hydrogen (secondary N) is 1. The summed E-state index contributed by atoms with van der Waals surface area (Å²) in [7, 11) is -2.45. The second-order valence-corrected chi connectivity index (χ2v) is 7.60. The molecule has 2 heterocycles. The summed E-state index contributed by atoms with van der Waals surface area (Å²) in [5, 5.41) is 11.7. The Kier molecular flexibility index (Phi) is 5.76. The third-order valence-electron chi connectivity index (χ3n) is 4.17. The molecule has 2 aliphatic rings. The maximum Gasteiger partial charge on any atom is 0.264 e. The Morgan fingerprint density at radius 3 is 2.62 bits per heavy atom. The lowest BCUT2D eigenvalue weighted by molar-refractivity contribution is -0.336. The number of benzene rings is 1. The van der Waals surface area contributed by atoms with E-state index in [2.05, 4.69) is 5.32 Å². The highest BCUT2D eigenvalue weighted by Crippen LogP contribution is 2.35. The Hall–Kier alpha value is -1.74. The van der Waals surface area contributed by atoms with Gasteiger partial charge < -0.3 is 24.3 Å². The first-order valence-electron chi connectivity index (χ1n) is 7.96. The number of nitrogens with zero attached hydrogens (tertiary/aromatic N) is 1. The van der Waals surface area contributed by atoms with Crippen LogP contribution in [-0.2, 0) is 33.2 Å². The molecule has 6 atom stereocenters. The zero-order valence-corrected chi connectivity index (χ0v) is 15.1. The summed E-state index contributed by atoms with van der Waals surface area (Å²) in [6.45, 7) is 0.194. The number of hydrogen-bond donors (Lipinski definition) is 1. The summed E-state index contributed by atoms with van der Waals surface area (Å²) in [5.74, 6) is 0. The van der Waals surface area contributed by atoms with Crippen LogP contribution in [0.3, 0.4) is 0 Å². The predicted octanol–water partition coefficient (Wildman–Crippen LogP) is 0.256. The largest absolute Gasteiger partial charge is 0.353 e. The second kappa shape index (κ2) is 7.87. The van der Waals surface area contributed by atoms with E-state index < -0.39 is 47.1 Å². The van der Waals surface area contributed by atoms with Gasteiger partial charge in [0, 0.05) is 12.7 Å². The summed E-state index contributed by atoms with van der Waals surface area (Å²) in [6, 6.07) is 8.49. The van der Waals surface area contributed by atoms with Crippen molar-refractivity contribution < 1.29 is 31.5 Å². The summed E-state index contributed by atoms with van der Waals surface area (Å²) in [6.07, 6.45) is -1.23. The molecular weight excluding hydrogens is 364 g/mol. The Morgan fingerprint density at radius 1 is 1.27 bits per heavy atom. The third-order valence-corrected chi connectivity index (χ3v) is 4.74. The highest BCUT2D eigenvalue weighted by molar-refractivity contribution is 7.86. The van der Waals surface area contributed by atoms with Gasteiger partial charge in [0.25, 0.3) is 10.1 Å². The molecule has 2 aliphatic heterocycles. The molecule has 3 rings (SSSR count). The van der Waals surface area contributed by atoms with Gasteiger partial charge in [-0.05, 0) is 0 Å². The van der Waals surface area contributed by atoms with Crippen LogP contribution in [0.15, 0.2) is 30.3 Å². The molecule has 2 saturated heterocycles. The number of hydrogen-bond acceptors (Lipinski definition) is 9. The molecule has 0 bridgehead atoms. The zero-order valence-electron chi connectivity index (χ0n) is 14.3. The van der Waals surface area contributed by atoms with Crippen molar-refractivity contribution in [1.29, 1.82) is 5.26 Å². The van der Waals surface area contributed by atoms with Gasteiger partial charge in [-0.2, -0.15) is 13.7 Å². The standard InChI is InChI=1S/C16H20N2O7S/c1-21-16-14(25-26(2,19)20)12(18-9-17)13-11(23-16)8-22-15(24-13)10-6-4-3-5-7-10/h3-7,11-16,18H,8H2,1-2H3/t11-,12+,13-,14+,15-,16-/m0/s1. The minimum Gasteiger partial charge on any atom is -0.353 e. The first kappa shape index (κ1) is 19.0. The topological polar surface area (TPSA) is 116 Å². The molecule has 0 saturated carbocycles. The normalized spacial score (nSPS) is 34.5. The fraction of sp³-hybridized carbons (Fsp3) is 0.562. The Labute approximate surface area is 151 Å². The van der Waals surface area contributed by atoms with Crippen LogP contribution in [0.2, 0.25) is 0 Å². The molecule has 0 amide bonds. The van der Waals surface area contributed by atoms with E-state index in [0.29, 0.717) is 0 Å². The quantitative estimate of drug-likeness (QED) is 0.433. The van der Waals surface area contributed by atoms with Gasteiger partial charge in [-0.3, -0.25) is 4.18 Å². The molecule has 142 valence electrons. The monoisotopic (exact) mass is 384 g/mol. The van der Waals surface area contributed by atoms with E-state index in [9.17, 15) is 8.42 Å². The van der Waals surface area contributed by atoms with Crippen LogP contribution in [0.4, 0.5) is 0 Å². The third kappa shape index (κ3) is 4.15. The molecule has 1 aromatic carbocycles. The van der Waals surface area contributed by atoms with Crippen LogP contribution < -0.4 is 5.32 Å². The van der Waals surface area contributed by atoms with Gasteiger partial charge in [-0.1, -0.05) is 30.3 Å². The number of methoxy groups -OCH3 is 1. The molecule has 0 spiro atoms. The second-order valence-electron chi connectivity index (χ2n) is 6.00. The first-order valence-corrected chi connectivity index (χ1v) is 9.77. The van der Waals surface area contributed by atoms with Gasteiger partial charge in [0.1, 0.15) is 12.2 Å². The molecule has 0 aliphatic carbocycles. The molecule has 0 aromatic heterocycles. The smallest absolute Gasteiger partial charge is 0.264 e. The highest BCUT2D eigenvalue weighted by atomic mass is 32.2. The zero-order chi connectivity index (χ0) is 18.7. The fourth-order valence-electron chi connectivity index (χ4n) is 3.11. The molecule has 26 heavy (non-hydrogen) atoms. The van der Waals surface area contributed by atoms with E-state index >= 15 is 0 Å². The van der Waals surface area contributed by atoms with Crippen molar-refractivity contribution in [2.75, 3.05) is 20.0 Å². The Bertz CT molecular complexity index is 752. The Morgan fingerprint density at radius 2 is 2.00 bits per heavy atom. The summed E-state index contributed by atoms with van der Waals surface area (Å²) in [4.78, 5) is 0. The predicted molar refractivity (Wildman–Crippen MR) is 87.9 cm³/mol. The molecule has 0 unspecified atom stereocenters. The van der Waals surface area contributed by atoms with Crippen molar-refractivity contribution in [1.82, 2.24) is 5.32 Å². The van der Waals surface area contributed by atoms with Crippen molar-refractivity contribution in [3.05, 3.63) is 35.9 Å². The molecule has 2 fully saturated rings. The summed E-state index contributed by atoms with van der Waals surface area (Å²) in [5.41, 5.74) is 0.802. The van der Waals surface area contributed by atoms with E-state index in [0.717, 1.165) is 11.8 Å². The first-order chi connectivity index (χ1) is 12.4. The lowest BCUT2D eigenvalue weighted by atomic mass is 9.95. The molecular formula is C16H20N2O7S. The van der Waals surface area contributed by atoms with E-state index in [1.54, 1.807) is 0 Å². The van der Waals surface area contributed by atoms with E-state index in [4.69, 9.17) is 28.4 Å². The van der Waals surface area contributed by atoms with E-state index in [1.807, 2.05) is 36.5 Å². The molecule has 1 N–H and O–H groups in total. The molecule has 1 aromatic rings. The molecule has 9 nitrogen and oxygen atoms in total. The lowest BCUT2D eigenvalue weighted by Gasteiger charge is -2.48. The van der Waals surface area contributed by atoms with E-state index in [1.165, 1.54) is 7.11 Å². The van der Waals surface area contributed by atoms with Gasteiger partial charge in [0.05, 0.1) is 18.9 Å². The summed E-state index contributed by atoms with van der Waals surface area (Å²) >= 11 is 0. The molecule has 10 heteroatoms.